The van der Waals surface area contributed by atoms with Crippen LogP contribution in [-0.2, 0) is 6.54 Å². The Labute approximate surface area is 124 Å². The Morgan fingerprint density at radius 1 is 1.29 bits per heavy atom. The van der Waals surface area contributed by atoms with Gasteiger partial charge in [-0.2, -0.15) is 5.10 Å². The van der Waals surface area contributed by atoms with Crippen molar-refractivity contribution in [2.45, 2.75) is 6.54 Å². The summed E-state index contributed by atoms with van der Waals surface area (Å²) < 4.78 is 13.5. The Bertz CT molecular complexity index is 752. The molecule has 6 heteroatoms. The molecule has 0 aliphatic rings. The summed E-state index contributed by atoms with van der Waals surface area (Å²) in [4.78, 5) is 13.2. The zero-order valence-corrected chi connectivity index (χ0v) is 11.8. The molecule has 4 nitrogen and oxygen atoms in total. The van der Waals surface area contributed by atoms with E-state index in [2.05, 4.69) is 15.5 Å². The standard InChI is InChI=1S/C15H12FN3OS/c16-12-5-2-1-4-10(12)8-17-15(20)11-9-18-19-14(11)13-6-3-7-21-13/h1-7,9H,8H2,(H,17,20)(H,18,19). The van der Waals surface area contributed by atoms with Crippen molar-refractivity contribution in [1.82, 2.24) is 15.5 Å². The zero-order valence-electron chi connectivity index (χ0n) is 11.0. The first-order valence-corrected chi connectivity index (χ1v) is 7.22. The number of halogens is 1. The number of amides is 1. The first-order valence-electron chi connectivity index (χ1n) is 6.34. The van der Waals surface area contributed by atoms with E-state index in [4.69, 9.17) is 0 Å². The zero-order chi connectivity index (χ0) is 14.7. The SMILES string of the molecule is O=C(NCc1ccccc1F)c1cn[nH]c1-c1cccs1. The third-order valence-corrected chi connectivity index (χ3v) is 3.94. The summed E-state index contributed by atoms with van der Waals surface area (Å²) in [6, 6.07) is 10.2. The maximum Gasteiger partial charge on any atom is 0.255 e. The van der Waals surface area contributed by atoms with E-state index >= 15 is 0 Å². The van der Waals surface area contributed by atoms with Crippen molar-refractivity contribution in [3.05, 3.63) is 64.9 Å². The second kappa shape index (κ2) is 5.88. The lowest BCUT2D eigenvalue weighted by Gasteiger charge is -2.06. The molecule has 1 amide bonds. The Balaban J connectivity index is 1.75. The van der Waals surface area contributed by atoms with E-state index in [1.54, 1.807) is 18.2 Å². The Morgan fingerprint density at radius 3 is 2.90 bits per heavy atom. The number of carbonyl (C=O) groups excluding carboxylic acids is 1. The minimum Gasteiger partial charge on any atom is -0.348 e. The molecular formula is C15H12FN3OS. The molecule has 2 heterocycles. The molecule has 0 radical (unpaired) electrons. The summed E-state index contributed by atoms with van der Waals surface area (Å²) >= 11 is 1.52. The normalized spacial score (nSPS) is 10.5. The molecule has 3 aromatic rings. The van der Waals surface area contributed by atoms with Gasteiger partial charge in [0, 0.05) is 12.1 Å². The molecule has 0 saturated carbocycles. The number of aromatic nitrogens is 2. The molecule has 0 bridgehead atoms. The molecule has 0 aliphatic carbocycles. The van der Waals surface area contributed by atoms with Gasteiger partial charge in [0.2, 0.25) is 0 Å². The second-order valence-corrected chi connectivity index (χ2v) is 5.36. The van der Waals surface area contributed by atoms with Gasteiger partial charge in [0.05, 0.1) is 22.3 Å². The lowest BCUT2D eigenvalue weighted by atomic mass is 10.2. The van der Waals surface area contributed by atoms with Crippen molar-refractivity contribution >= 4 is 17.2 Å². The quantitative estimate of drug-likeness (QED) is 0.777. The van der Waals surface area contributed by atoms with E-state index in [1.165, 1.54) is 23.6 Å². The van der Waals surface area contributed by atoms with Crippen LogP contribution in [-0.4, -0.2) is 16.1 Å². The van der Waals surface area contributed by atoms with E-state index in [0.717, 1.165) is 4.88 Å². The van der Waals surface area contributed by atoms with E-state index in [1.807, 2.05) is 17.5 Å². The summed E-state index contributed by atoms with van der Waals surface area (Å²) in [5.74, 6) is -0.612. The molecule has 0 spiro atoms. The van der Waals surface area contributed by atoms with Crippen LogP contribution in [0.1, 0.15) is 15.9 Å². The van der Waals surface area contributed by atoms with Crippen LogP contribution in [0.2, 0.25) is 0 Å². The molecule has 3 rings (SSSR count). The van der Waals surface area contributed by atoms with Crippen molar-refractivity contribution in [2.24, 2.45) is 0 Å². The number of nitrogens with one attached hydrogen (secondary N) is 2. The highest BCUT2D eigenvalue weighted by Gasteiger charge is 2.16. The Kier molecular flexibility index (Phi) is 3.79. The third kappa shape index (κ3) is 2.85. The highest BCUT2D eigenvalue weighted by molar-refractivity contribution is 7.13. The first-order chi connectivity index (χ1) is 10.3. The number of thiophene rings is 1. The molecule has 0 aliphatic heterocycles. The molecule has 0 fully saturated rings. The predicted molar refractivity (Wildman–Crippen MR) is 79.5 cm³/mol. The molecule has 2 aromatic heterocycles. The van der Waals surface area contributed by atoms with Crippen LogP contribution in [0.15, 0.2) is 48.0 Å². The maximum atomic E-state index is 13.5. The van der Waals surface area contributed by atoms with Crippen LogP contribution in [0.25, 0.3) is 10.6 Å². The van der Waals surface area contributed by atoms with Crippen LogP contribution in [0.3, 0.4) is 0 Å². The van der Waals surface area contributed by atoms with Gasteiger partial charge < -0.3 is 5.32 Å². The van der Waals surface area contributed by atoms with Crippen molar-refractivity contribution < 1.29 is 9.18 Å². The number of hydrogen-bond acceptors (Lipinski definition) is 3. The first kappa shape index (κ1) is 13.5. The minimum absolute atomic E-state index is 0.139. The summed E-state index contributed by atoms with van der Waals surface area (Å²) in [5, 5.41) is 11.4. The average molecular weight is 301 g/mol. The molecular weight excluding hydrogens is 289 g/mol. The van der Waals surface area contributed by atoms with Crippen molar-refractivity contribution in [2.75, 3.05) is 0 Å². The highest BCUT2D eigenvalue weighted by atomic mass is 32.1. The molecule has 0 unspecified atom stereocenters. The number of hydrogen-bond donors (Lipinski definition) is 2. The smallest absolute Gasteiger partial charge is 0.255 e. The monoisotopic (exact) mass is 301 g/mol. The van der Waals surface area contributed by atoms with Crippen LogP contribution >= 0.6 is 11.3 Å². The maximum absolute atomic E-state index is 13.5. The van der Waals surface area contributed by atoms with Crippen LogP contribution < -0.4 is 5.32 Å². The van der Waals surface area contributed by atoms with E-state index in [9.17, 15) is 9.18 Å². The third-order valence-electron chi connectivity index (χ3n) is 3.05. The largest absolute Gasteiger partial charge is 0.348 e. The lowest BCUT2D eigenvalue weighted by Crippen LogP contribution is -2.23. The number of carbonyl (C=O) groups is 1. The van der Waals surface area contributed by atoms with E-state index in [-0.39, 0.29) is 18.3 Å². The fourth-order valence-corrected chi connectivity index (χ4v) is 2.71. The van der Waals surface area contributed by atoms with Crippen LogP contribution in [0, 0.1) is 5.82 Å². The summed E-state index contributed by atoms with van der Waals surface area (Å²) in [6.45, 7) is 0.139. The predicted octanol–water partition coefficient (Wildman–Crippen LogP) is 3.21. The van der Waals surface area contributed by atoms with E-state index < -0.39 is 0 Å². The topological polar surface area (TPSA) is 57.8 Å². The average Bonchev–Trinajstić information content (AvgIpc) is 3.16. The fraction of sp³-hybridized carbons (Fsp3) is 0.0667. The molecule has 2 N–H and O–H groups in total. The van der Waals surface area contributed by atoms with Crippen molar-refractivity contribution in [3.63, 3.8) is 0 Å². The number of H-pyrrole nitrogens is 1. The van der Waals surface area contributed by atoms with Gasteiger partial charge in [-0.15, -0.1) is 11.3 Å². The lowest BCUT2D eigenvalue weighted by molar-refractivity contribution is 0.0951. The van der Waals surface area contributed by atoms with Crippen molar-refractivity contribution in [3.8, 4) is 10.6 Å². The number of benzene rings is 1. The number of nitrogens with zero attached hydrogens (tertiary/aromatic N) is 1. The van der Waals surface area contributed by atoms with Crippen LogP contribution in [0.4, 0.5) is 4.39 Å². The fourth-order valence-electron chi connectivity index (χ4n) is 1.98. The van der Waals surface area contributed by atoms with Gasteiger partial charge in [-0.1, -0.05) is 24.3 Å². The van der Waals surface area contributed by atoms with Crippen molar-refractivity contribution in [1.29, 1.82) is 0 Å². The minimum atomic E-state index is -0.330. The molecule has 1 aromatic carbocycles. The van der Waals surface area contributed by atoms with Gasteiger partial charge in [-0.3, -0.25) is 9.89 Å². The Hall–Kier alpha value is -2.47. The van der Waals surface area contributed by atoms with Gasteiger partial charge in [-0.25, -0.2) is 4.39 Å². The van der Waals surface area contributed by atoms with Gasteiger partial charge >= 0.3 is 0 Å². The number of rotatable bonds is 4. The van der Waals surface area contributed by atoms with Gasteiger partial charge in [-0.05, 0) is 17.5 Å². The summed E-state index contributed by atoms with van der Waals surface area (Å²) in [5.41, 5.74) is 1.58. The number of aromatic amines is 1. The second-order valence-electron chi connectivity index (χ2n) is 4.41. The van der Waals surface area contributed by atoms with Gasteiger partial charge in [0.25, 0.3) is 5.91 Å². The van der Waals surface area contributed by atoms with Crippen LogP contribution in [0.5, 0.6) is 0 Å². The van der Waals surface area contributed by atoms with E-state index in [0.29, 0.717) is 16.8 Å². The highest BCUT2D eigenvalue weighted by Crippen LogP contribution is 2.25. The molecule has 106 valence electrons. The summed E-state index contributed by atoms with van der Waals surface area (Å²) in [6.07, 6.45) is 1.48. The Morgan fingerprint density at radius 2 is 2.14 bits per heavy atom. The van der Waals surface area contributed by atoms with Gasteiger partial charge in [0.15, 0.2) is 0 Å². The summed E-state index contributed by atoms with van der Waals surface area (Å²) in [7, 11) is 0. The van der Waals surface area contributed by atoms with Gasteiger partial charge in [0.1, 0.15) is 5.82 Å². The molecule has 21 heavy (non-hydrogen) atoms. The molecule has 0 saturated heterocycles. The molecule has 0 atom stereocenters.